The van der Waals surface area contributed by atoms with Gasteiger partial charge in [-0.15, -0.1) is 0 Å². The molecule has 0 radical (unpaired) electrons. The number of hydrogen-bond donors (Lipinski definition) is 0. The first-order valence-corrected chi connectivity index (χ1v) is 7.81. The van der Waals surface area contributed by atoms with Gasteiger partial charge in [0, 0.05) is 10.6 Å². The average molecular weight is 349 g/mol. The second-order valence-corrected chi connectivity index (χ2v) is 6.00. The minimum atomic E-state index is -0.430. The quantitative estimate of drug-likeness (QED) is 0.625. The van der Waals surface area contributed by atoms with Crippen LogP contribution in [0.15, 0.2) is 47.0 Å². The van der Waals surface area contributed by atoms with Crippen LogP contribution in [-0.4, -0.2) is 10.1 Å². The van der Waals surface area contributed by atoms with Crippen LogP contribution in [0.4, 0.5) is 0 Å². The predicted molar refractivity (Wildman–Crippen MR) is 90.0 cm³/mol. The smallest absolute Gasteiger partial charge is 0.267 e. The Bertz CT molecular complexity index is 816. The molecular weight excluding hydrogens is 335 g/mol. The monoisotopic (exact) mass is 348 g/mol. The van der Waals surface area contributed by atoms with Crippen molar-refractivity contribution in [1.29, 1.82) is 0 Å². The van der Waals surface area contributed by atoms with E-state index in [0.717, 1.165) is 5.56 Å². The van der Waals surface area contributed by atoms with Crippen LogP contribution in [0.1, 0.15) is 24.5 Å². The molecule has 4 nitrogen and oxygen atoms in total. The molecule has 118 valence electrons. The largest absolute Gasteiger partial charge is 0.479 e. The summed E-state index contributed by atoms with van der Waals surface area (Å²) in [6.45, 7) is 3.84. The summed E-state index contributed by atoms with van der Waals surface area (Å²) in [6, 6.07) is 12.9. The van der Waals surface area contributed by atoms with Crippen molar-refractivity contribution < 1.29 is 9.26 Å². The maximum Gasteiger partial charge on any atom is 0.267 e. The fraction of sp³-hybridized carbons (Fsp3) is 0.176. The highest BCUT2D eigenvalue weighted by Gasteiger charge is 2.18. The number of benzene rings is 2. The zero-order valence-corrected chi connectivity index (χ0v) is 14.1. The van der Waals surface area contributed by atoms with Crippen LogP contribution in [0.25, 0.3) is 11.4 Å². The third kappa shape index (κ3) is 3.66. The Hall–Kier alpha value is -2.04. The first kappa shape index (κ1) is 15.8. The summed E-state index contributed by atoms with van der Waals surface area (Å²) in [5.41, 5.74) is 2.06. The molecule has 1 atom stereocenters. The molecule has 0 N–H and O–H groups in total. The summed E-state index contributed by atoms with van der Waals surface area (Å²) in [6.07, 6.45) is -0.430. The first-order chi connectivity index (χ1) is 11.0. The number of rotatable bonds is 4. The highest BCUT2D eigenvalue weighted by Crippen LogP contribution is 2.31. The maximum absolute atomic E-state index is 6.10. The highest BCUT2D eigenvalue weighted by atomic mass is 35.5. The molecule has 3 aromatic rings. The van der Waals surface area contributed by atoms with Gasteiger partial charge in [-0.2, -0.15) is 4.98 Å². The van der Waals surface area contributed by atoms with Gasteiger partial charge < -0.3 is 9.26 Å². The normalized spacial score (nSPS) is 12.2. The fourth-order valence-electron chi connectivity index (χ4n) is 2.03. The van der Waals surface area contributed by atoms with Crippen molar-refractivity contribution in [2.45, 2.75) is 20.0 Å². The summed E-state index contributed by atoms with van der Waals surface area (Å²) in [7, 11) is 0. The molecule has 1 heterocycles. The Morgan fingerprint density at radius 3 is 2.52 bits per heavy atom. The van der Waals surface area contributed by atoms with Crippen LogP contribution in [0.5, 0.6) is 5.75 Å². The van der Waals surface area contributed by atoms with Crippen molar-refractivity contribution in [3.05, 3.63) is 64.0 Å². The van der Waals surface area contributed by atoms with Crippen molar-refractivity contribution in [3.8, 4) is 17.1 Å². The molecule has 0 amide bonds. The van der Waals surface area contributed by atoms with Gasteiger partial charge in [0.1, 0.15) is 5.75 Å². The van der Waals surface area contributed by atoms with Gasteiger partial charge in [-0.1, -0.05) is 58.2 Å². The average Bonchev–Trinajstić information content (AvgIpc) is 3.01. The molecule has 0 saturated carbocycles. The molecule has 0 saturated heterocycles. The predicted octanol–water partition coefficient (Wildman–Crippen LogP) is 5.49. The summed E-state index contributed by atoms with van der Waals surface area (Å²) >= 11 is 12.0. The maximum atomic E-state index is 6.10. The van der Waals surface area contributed by atoms with E-state index in [0.29, 0.717) is 27.5 Å². The second-order valence-electron chi connectivity index (χ2n) is 5.16. The molecule has 0 aliphatic carbocycles. The molecule has 2 aromatic carbocycles. The van der Waals surface area contributed by atoms with Crippen molar-refractivity contribution in [2.75, 3.05) is 0 Å². The van der Waals surface area contributed by atoms with Gasteiger partial charge in [0.25, 0.3) is 5.89 Å². The number of aryl methyl sites for hydroxylation is 1. The van der Waals surface area contributed by atoms with Gasteiger partial charge in [0.2, 0.25) is 5.82 Å². The Balaban J connectivity index is 1.78. The van der Waals surface area contributed by atoms with E-state index in [4.69, 9.17) is 32.5 Å². The number of ether oxygens (including phenoxy) is 1. The van der Waals surface area contributed by atoms with Gasteiger partial charge in [0.05, 0.1) is 5.02 Å². The summed E-state index contributed by atoms with van der Waals surface area (Å²) < 4.78 is 11.1. The van der Waals surface area contributed by atoms with Crippen LogP contribution < -0.4 is 4.74 Å². The van der Waals surface area contributed by atoms with Gasteiger partial charge in [-0.25, -0.2) is 0 Å². The Labute approximate surface area is 144 Å². The molecule has 23 heavy (non-hydrogen) atoms. The number of nitrogens with zero attached hydrogens (tertiary/aromatic N) is 2. The highest BCUT2D eigenvalue weighted by molar-refractivity contribution is 6.35. The lowest BCUT2D eigenvalue weighted by Gasteiger charge is -2.12. The minimum Gasteiger partial charge on any atom is -0.479 e. The van der Waals surface area contributed by atoms with Gasteiger partial charge >= 0.3 is 0 Å². The lowest BCUT2D eigenvalue weighted by molar-refractivity contribution is 0.176. The van der Waals surface area contributed by atoms with Crippen molar-refractivity contribution >= 4 is 23.2 Å². The molecule has 0 bridgehead atoms. The standard InChI is InChI=1S/C17H14Cl2N2O2/c1-10-3-5-12(6-4-10)16-20-17(23-21-16)11(2)22-15-8-7-13(18)9-14(15)19/h3-9,11H,1-2H3. The molecule has 0 spiro atoms. The van der Waals surface area contributed by atoms with Crippen LogP contribution in [0, 0.1) is 6.92 Å². The third-order valence-electron chi connectivity index (χ3n) is 3.30. The van der Waals surface area contributed by atoms with Crippen molar-refractivity contribution in [2.24, 2.45) is 0 Å². The van der Waals surface area contributed by atoms with Gasteiger partial charge in [-0.05, 0) is 32.0 Å². The van der Waals surface area contributed by atoms with Crippen molar-refractivity contribution in [1.82, 2.24) is 10.1 Å². The summed E-state index contributed by atoms with van der Waals surface area (Å²) in [5.74, 6) is 1.42. The number of halogens is 2. The molecule has 1 aromatic heterocycles. The molecule has 1 unspecified atom stereocenters. The summed E-state index contributed by atoms with van der Waals surface area (Å²) in [5, 5.41) is 4.98. The fourth-order valence-corrected chi connectivity index (χ4v) is 2.48. The van der Waals surface area contributed by atoms with Crippen LogP contribution in [0.3, 0.4) is 0 Å². The summed E-state index contributed by atoms with van der Waals surface area (Å²) in [4.78, 5) is 4.38. The second kappa shape index (κ2) is 6.60. The molecule has 0 aliphatic heterocycles. The molecular formula is C17H14Cl2N2O2. The van der Waals surface area contributed by atoms with E-state index in [2.05, 4.69) is 10.1 Å². The third-order valence-corrected chi connectivity index (χ3v) is 3.83. The van der Waals surface area contributed by atoms with E-state index >= 15 is 0 Å². The molecule has 6 heteroatoms. The van der Waals surface area contributed by atoms with E-state index < -0.39 is 6.10 Å². The van der Waals surface area contributed by atoms with E-state index in [1.807, 2.05) is 38.1 Å². The van der Waals surface area contributed by atoms with Crippen LogP contribution >= 0.6 is 23.2 Å². The first-order valence-electron chi connectivity index (χ1n) is 7.05. The van der Waals surface area contributed by atoms with E-state index in [9.17, 15) is 0 Å². The molecule has 0 aliphatic rings. The lowest BCUT2D eigenvalue weighted by Crippen LogP contribution is -2.03. The zero-order chi connectivity index (χ0) is 16.4. The Morgan fingerprint density at radius 2 is 1.83 bits per heavy atom. The lowest BCUT2D eigenvalue weighted by atomic mass is 10.1. The van der Waals surface area contributed by atoms with Gasteiger partial charge in [0.15, 0.2) is 6.10 Å². The van der Waals surface area contributed by atoms with Crippen LogP contribution in [-0.2, 0) is 0 Å². The van der Waals surface area contributed by atoms with E-state index in [1.165, 1.54) is 5.56 Å². The minimum absolute atomic E-state index is 0.381. The molecule has 3 rings (SSSR count). The van der Waals surface area contributed by atoms with Gasteiger partial charge in [-0.3, -0.25) is 0 Å². The topological polar surface area (TPSA) is 48.2 Å². The Morgan fingerprint density at radius 1 is 1.09 bits per heavy atom. The zero-order valence-electron chi connectivity index (χ0n) is 12.6. The SMILES string of the molecule is Cc1ccc(-c2noc(C(C)Oc3ccc(Cl)cc3Cl)n2)cc1. The van der Waals surface area contributed by atoms with Crippen LogP contribution in [0.2, 0.25) is 10.0 Å². The molecule has 0 fully saturated rings. The van der Waals surface area contributed by atoms with E-state index in [-0.39, 0.29) is 0 Å². The number of hydrogen-bond acceptors (Lipinski definition) is 4. The number of aromatic nitrogens is 2. The Kier molecular flexibility index (Phi) is 4.55. The van der Waals surface area contributed by atoms with Crippen molar-refractivity contribution in [3.63, 3.8) is 0 Å². The van der Waals surface area contributed by atoms with E-state index in [1.54, 1.807) is 18.2 Å².